The second-order valence-electron chi connectivity index (χ2n) is 5.21. The van der Waals surface area contributed by atoms with Gasteiger partial charge in [-0.3, -0.25) is 0 Å². The van der Waals surface area contributed by atoms with Gasteiger partial charge in [-0.25, -0.2) is 9.79 Å². The molecule has 128 valence electrons. The maximum atomic E-state index is 10.9. The van der Waals surface area contributed by atoms with Gasteiger partial charge in [-0.15, -0.1) is 11.3 Å². The molecule has 2 aromatic carbocycles. The maximum Gasteiger partial charge on any atom is 0.335 e. The number of rotatable bonds is 4. The van der Waals surface area contributed by atoms with Crippen molar-refractivity contribution >= 4 is 46.2 Å². The molecule has 0 aliphatic carbocycles. The molecule has 0 amide bonds. The molecule has 0 aliphatic rings. The van der Waals surface area contributed by atoms with Crippen LogP contribution in [0.4, 0.5) is 5.69 Å². The Hall–Kier alpha value is -2.08. The molecule has 1 N–H and O–H groups in total. The minimum absolute atomic E-state index is 0.233. The highest BCUT2D eigenvalue weighted by Gasteiger charge is 2.13. The first kappa shape index (κ1) is 17.7. The van der Waals surface area contributed by atoms with Gasteiger partial charge >= 0.3 is 5.97 Å². The van der Waals surface area contributed by atoms with Crippen LogP contribution < -0.4 is 4.80 Å². The Morgan fingerprint density at radius 3 is 2.36 bits per heavy atom. The fourth-order valence-electron chi connectivity index (χ4n) is 2.46. The molecule has 3 rings (SSSR count). The van der Waals surface area contributed by atoms with Crippen molar-refractivity contribution < 1.29 is 9.90 Å². The highest BCUT2D eigenvalue weighted by molar-refractivity contribution is 7.07. The van der Waals surface area contributed by atoms with Crippen LogP contribution in [0, 0.1) is 0 Å². The number of thiazole rings is 1. The van der Waals surface area contributed by atoms with E-state index in [9.17, 15) is 4.79 Å². The van der Waals surface area contributed by atoms with Crippen LogP contribution in [0.5, 0.6) is 0 Å². The molecule has 0 bridgehead atoms. The van der Waals surface area contributed by atoms with Crippen molar-refractivity contribution in [2.75, 3.05) is 0 Å². The van der Waals surface area contributed by atoms with Gasteiger partial charge in [-0.1, -0.05) is 29.3 Å². The van der Waals surface area contributed by atoms with E-state index in [1.807, 2.05) is 35.1 Å². The zero-order valence-corrected chi connectivity index (χ0v) is 15.6. The molecular formula is C18H14Cl2N2O2S. The third-order valence-electron chi connectivity index (χ3n) is 3.67. The number of benzene rings is 2. The van der Waals surface area contributed by atoms with Gasteiger partial charge in [0.2, 0.25) is 0 Å². The number of hydrogen-bond donors (Lipinski definition) is 1. The van der Waals surface area contributed by atoms with Gasteiger partial charge < -0.3 is 9.67 Å². The monoisotopic (exact) mass is 392 g/mol. The summed E-state index contributed by atoms with van der Waals surface area (Å²) in [6.45, 7) is 2.72. The Morgan fingerprint density at radius 1 is 1.16 bits per heavy atom. The lowest BCUT2D eigenvalue weighted by molar-refractivity contribution is 0.0697. The fraction of sp³-hybridized carbons (Fsp3) is 0.111. The molecule has 25 heavy (non-hydrogen) atoms. The van der Waals surface area contributed by atoms with Gasteiger partial charge in [0.25, 0.3) is 0 Å². The molecule has 0 atom stereocenters. The Kier molecular flexibility index (Phi) is 5.27. The van der Waals surface area contributed by atoms with E-state index in [1.54, 1.807) is 12.1 Å². The number of halogens is 2. The van der Waals surface area contributed by atoms with E-state index in [2.05, 4.69) is 4.99 Å². The molecule has 0 saturated heterocycles. The van der Waals surface area contributed by atoms with E-state index in [-0.39, 0.29) is 5.56 Å². The lowest BCUT2D eigenvalue weighted by atomic mass is 10.1. The van der Waals surface area contributed by atoms with E-state index in [0.717, 1.165) is 16.1 Å². The summed E-state index contributed by atoms with van der Waals surface area (Å²) in [4.78, 5) is 16.3. The van der Waals surface area contributed by atoms with Gasteiger partial charge in [0.15, 0.2) is 4.80 Å². The van der Waals surface area contributed by atoms with E-state index in [4.69, 9.17) is 28.3 Å². The highest BCUT2D eigenvalue weighted by Crippen LogP contribution is 2.34. The minimum atomic E-state index is -0.957. The predicted molar refractivity (Wildman–Crippen MR) is 102 cm³/mol. The molecule has 4 nitrogen and oxygen atoms in total. The van der Waals surface area contributed by atoms with Gasteiger partial charge in [-0.05, 0) is 43.3 Å². The molecule has 0 saturated carbocycles. The summed E-state index contributed by atoms with van der Waals surface area (Å²) < 4.78 is 2.03. The third-order valence-corrected chi connectivity index (χ3v) is 5.17. The zero-order chi connectivity index (χ0) is 18.0. The second-order valence-corrected chi connectivity index (χ2v) is 6.86. The molecular weight excluding hydrogens is 379 g/mol. The van der Waals surface area contributed by atoms with Crippen molar-refractivity contribution in [3.63, 3.8) is 0 Å². The lowest BCUT2D eigenvalue weighted by Crippen LogP contribution is -2.14. The molecule has 0 radical (unpaired) electrons. The van der Waals surface area contributed by atoms with E-state index >= 15 is 0 Å². The van der Waals surface area contributed by atoms with E-state index in [0.29, 0.717) is 22.3 Å². The van der Waals surface area contributed by atoms with E-state index < -0.39 is 5.97 Å². The topological polar surface area (TPSA) is 54.6 Å². The van der Waals surface area contributed by atoms with Crippen molar-refractivity contribution in [2.24, 2.45) is 4.99 Å². The van der Waals surface area contributed by atoms with Crippen molar-refractivity contribution in [1.29, 1.82) is 0 Å². The Bertz CT molecular complexity index is 971. The molecule has 0 spiro atoms. The fourth-order valence-corrected chi connectivity index (χ4v) is 4.02. The maximum absolute atomic E-state index is 10.9. The lowest BCUT2D eigenvalue weighted by Gasteiger charge is -2.09. The average molecular weight is 393 g/mol. The van der Waals surface area contributed by atoms with Gasteiger partial charge in [0.05, 0.1) is 27.0 Å². The standard InChI is InChI=1S/C18H14Cl2N2O2S/c1-2-22-15(16-13(19)4-3-5-14(16)20)10-25-18(22)21-12-8-6-11(7-9-12)17(23)24/h3-10H,2H2,1H3,(H,23,24). The Labute approximate surface area is 158 Å². The summed E-state index contributed by atoms with van der Waals surface area (Å²) in [7, 11) is 0. The number of carboxylic acids is 1. The largest absolute Gasteiger partial charge is 0.478 e. The molecule has 0 unspecified atom stereocenters. The number of nitrogens with zero attached hydrogens (tertiary/aromatic N) is 2. The molecule has 7 heteroatoms. The number of aromatic nitrogens is 1. The number of carboxylic acid groups (broad SMARTS) is 1. The van der Waals surface area contributed by atoms with Gasteiger partial charge in [0, 0.05) is 17.5 Å². The van der Waals surface area contributed by atoms with Crippen LogP contribution in [-0.2, 0) is 6.54 Å². The van der Waals surface area contributed by atoms with Crippen molar-refractivity contribution in [1.82, 2.24) is 4.57 Å². The first-order chi connectivity index (χ1) is 12.0. The summed E-state index contributed by atoms with van der Waals surface area (Å²) in [5.41, 5.74) is 2.61. The molecule has 3 aromatic rings. The normalized spacial score (nSPS) is 11.7. The average Bonchev–Trinajstić information content (AvgIpc) is 2.97. The van der Waals surface area contributed by atoms with E-state index in [1.165, 1.54) is 23.5 Å². The van der Waals surface area contributed by atoms with Crippen molar-refractivity contribution in [2.45, 2.75) is 13.5 Å². The predicted octanol–water partition coefficient (Wildman–Crippen LogP) is 5.47. The molecule has 1 aromatic heterocycles. The Balaban J connectivity index is 2.10. The number of aromatic carboxylic acids is 1. The quantitative estimate of drug-likeness (QED) is 0.639. The smallest absolute Gasteiger partial charge is 0.335 e. The highest BCUT2D eigenvalue weighted by atomic mass is 35.5. The van der Waals surface area contributed by atoms with Crippen molar-refractivity contribution in [3.05, 3.63) is 68.3 Å². The third kappa shape index (κ3) is 3.63. The Morgan fingerprint density at radius 2 is 1.80 bits per heavy atom. The number of carbonyl (C=O) groups is 1. The van der Waals surface area contributed by atoms with Crippen LogP contribution in [-0.4, -0.2) is 15.6 Å². The second kappa shape index (κ2) is 7.44. The first-order valence-electron chi connectivity index (χ1n) is 7.52. The zero-order valence-electron chi connectivity index (χ0n) is 13.2. The summed E-state index contributed by atoms with van der Waals surface area (Å²) in [5, 5.41) is 12.1. The SMILES string of the molecule is CCn1c(-c2c(Cl)cccc2Cl)csc1=Nc1ccc(C(=O)O)cc1. The van der Waals surface area contributed by atoms with Crippen molar-refractivity contribution in [3.8, 4) is 11.3 Å². The van der Waals surface area contributed by atoms with Gasteiger partial charge in [-0.2, -0.15) is 0 Å². The summed E-state index contributed by atoms with van der Waals surface area (Å²) in [5.74, 6) is -0.957. The summed E-state index contributed by atoms with van der Waals surface area (Å²) >= 11 is 14.1. The van der Waals surface area contributed by atoms with Crippen LogP contribution in [0.15, 0.2) is 52.8 Å². The van der Waals surface area contributed by atoms with Crippen LogP contribution in [0.2, 0.25) is 10.0 Å². The van der Waals surface area contributed by atoms with Crippen LogP contribution in [0.25, 0.3) is 11.3 Å². The molecule has 0 aliphatic heterocycles. The van der Waals surface area contributed by atoms with Crippen LogP contribution >= 0.6 is 34.5 Å². The summed E-state index contributed by atoms with van der Waals surface area (Å²) in [6.07, 6.45) is 0. The van der Waals surface area contributed by atoms with Crippen LogP contribution in [0.1, 0.15) is 17.3 Å². The molecule has 0 fully saturated rings. The molecule has 1 heterocycles. The first-order valence-corrected chi connectivity index (χ1v) is 9.15. The van der Waals surface area contributed by atoms with Crippen LogP contribution in [0.3, 0.4) is 0 Å². The summed E-state index contributed by atoms with van der Waals surface area (Å²) in [6, 6.07) is 11.9. The minimum Gasteiger partial charge on any atom is -0.478 e. The van der Waals surface area contributed by atoms with Gasteiger partial charge in [0.1, 0.15) is 0 Å². The number of hydrogen-bond acceptors (Lipinski definition) is 3.